The predicted octanol–water partition coefficient (Wildman–Crippen LogP) is 4.01. The Morgan fingerprint density at radius 1 is 1.13 bits per heavy atom. The molecule has 0 spiro atoms. The largest absolute Gasteiger partial charge is 0.496 e. The van der Waals surface area contributed by atoms with Crippen LogP contribution in [-0.2, 0) is 4.79 Å². The molecule has 3 heterocycles. The van der Waals surface area contributed by atoms with Gasteiger partial charge in [0.15, 0.2) is 11.6 Å². The fourth-order valence-corrected chi connectivity index (χ4v) is 4.36. The average molecular weight is 401 g/mol. The van der Waals surface area contributed by atoms with Gasteiger partial charge in [0.25, 0.3) is 0 Å². The van der Waals surface area contributed by atoms with Crippen LogP contribution in [0.4, 0.5) is 5.95 Å². The maximum atomic E-state index is 13.2. The SMILES string of the molecule is COc1ccccc1-c1nc2n(n1)C(c1ccccn1)C1=C(CC(C)(C)CC1=O)N2. The maximum Gasteiger partial charge on any atom is 0.226 e. The van der Waals surface area contributed by atoms with E-state index in [0.717, 1.165) is 28.9 Å². The van der Waals surface area contributed by atoms with Gasteiger partial charge in [0.05, 0.1) is 18.4 Å². The number of nitrogens with zero attached hydrogens (tertiary/aromatic N) is 4. The Morgan fingerprint density at radius 3 is 2.70 bits per heavy atom. The minimum absolute atomic E-state index is 0.106. The first kappa shape index (κ1) is 18.5. The number of Topliss-reactive ketones (excluding diaryl/α,β-unsaturated/α-hetero) is 1. The number of nitrogens with one attached hydrogen (secondary N) is 1. The molecule has 5 rings (SSSR count). The summed E-state index contributed by atoms with van der Waals surface area (Å²) in [5, 5.41) is 8.18. The van der Waals surface area contributed by atoms with Crippen molar-refractivity contribution in [2.75, 3.05) is 12.4 Å². The van der Waals surface area contributed by atoms with Gasteiger partial charge >= 0.3 is 0 Å². The lowest BCUT2D eigenvalue weighted by Crippen LogP contribution is -2.36. The number of methoxy groups -OCH3 is 1. The second-order valence-corrected chi connectivity index (χ2v) is 8.52. The number of hydrogen-bond donors (Lipinski definition) is 1. The van der Waals surface area contributed by atoms with Crippen LogP contribution in [0.1, 0.15) is 38.4 Å². The van der Waals surface area contributed by atoms with Gasteiger partial charge in [-0.2, -0.15) is 4.98 Å². The van der Waals surface area contributed by atoms with Gasteiger partial charge in [-0.25, -0.2) is 4.68 Å². The van der Waals surface area contributed by atoms with E-state index in [1.54, 1.807) is 18.0 Å². The van der Waals surface area contributed by atoms with Crippen LogP contribution in [-0.4, -0.2) is 32.6 Å². The Kier molecular flexibility index (Phi) is 4.20. The zero-order valence-electron chi connectivity index (χ0n) is 17.2. The third-order valence-electron chi connectivity index (χ3n) is 5.65. The number of aromatic nitrogens is 4. The van der Waals surface area contributed by atoms with E-state index in [1.807, 2.05) is 42.5 Å². The van der Waals surface area contributed by atoms with E-state index in [-0.39, 0.29) is 11.2 Å². The second-order valence-electron chi connectivity index (χ2n) is 8.52. The van der Waals surface area contributed by atoms with Crippen molar-refractivity contribution in [3.63, 3.8) is 0 Å². The number of benzene rings is 1. The summed E-state index contributed by atoms with van der Waals surface area (Å²) in [5.74, 6) is 1.98. The van der Waals surface area contributed by atoms with E-state index in [2.05, 4.69) is 24.1 Å². The molecule has 1 N–H and O–H groups in total. The highest BCUT2D eigenvalue weighted by molar-refractivity contribution is 6.00. The van der Waals surface area contributed by atoms with Crippen molar-refractivity contribution < 1.29 is 9.53 Å². The molecule has 0 radical (unpaired) electrons. The van der Waals surface area contributed by atoms with Gasteiger partial charge < -0.3 is 10.1 Å². The third kappa shape index (κ3) is 2.98. The molecule has 2 aromatic heterocycles. The average Bonchev–Trinajstić information content (AvgIpc) is 3.15. The molecule has 3 aromatic rings. The summed E-state index contributed by atoms with van der Waals surface area (Å²) >= 11 is 0. The molecule has 0 fully saturated rings. The number of pyridine rings is 1. The van der Waals surface area contributed by atoms with Crippen molar-refractivity contribution in [3.05, 3.63) is 65.6 Å². The van der Waals surface area contributed by atoms with E-state index in [9.17, 15) is 4.79 Å². The number of ketones is 1. The van der Waals surface area contributed by atoms with Crippen LogP contribution in [0, 0.1) is 5.41 Å². The molecular formula is C23H23N5O2. The first-order chi connectivity index (χ1) is 14.5. The first-order valence-electron chi connectivity index (χ1n) is 10.0. The molecule has 1 atom stereocenters. The van der Waals surface area contributed by atoms with Gasteiger partial charge in [-0.1, -0.05) is 32.0 Å². The van der Waals surface area contributed by atoms with Gasteiger partial charge in [-0.3, -0.25) is 9.78 Å². The van der Waals surface area contributed by atoms with Gasteiger partial charge in [0, 0.05) is 23.9 Å². The Morgan fingerprint density at radius 2 is 1.93 bits per heavy atom. The van der Waals surface area contributed by atoms with Crippen LogP contribution in [0.2, 0.25) is 0 Å². The molecule has 1 aliphatic heterocycles. The number of ether oxygens (including phenoxy) is 1. The summed E-state index contributed by atoms with van der Waals surface area (Å²) in [6, 6.07) is 13.0. The minimum atomic E-state index is -0.406. The summed E-state index contributed by atoms with van der Waals surface area (Å²) in [7, 11) is 1.63. The Bertz CT molecular complexity index is 1160. The molecule has 7 heteroatoms. The number of hydrogen-bond acceptors (Lipinski definition) is 6. The van der Waals surface area contributed by atoms with Crippen LogP contribution >= 0.6 is 0 Å². The molecule has 0 saturated carbocycles. The van der Waals surface area contributed by atoms with Gasteiger partial charge in [0.1, 0.15) is 11.8 Å². The van der Waals surface area contributed by atoms with E-state index >= 15 is 0 Å². The maximum absolute atomic E-state index is 13.2. The molecule has 1 aromatic carbocycles. The number of anilines is 1. The fourth-order valence-electron chi connectivity index (χ4n) is 4.36. The normalized spacial score (nSPS) is 19.7. The summed E-state index contributed by atoms with van der Waals surface area (Å²) in [6.45, 7) is 4.23. The summed E-state index contributed by atoms with van der Waals surface area (Å²) in [4.78, 5) is 22.5. The molecule has 0 amide bonds. The van der Waals surface area contributed by atoms with Crippen molar-refractivity contribution in [2.24, 2.45) is 5.41 Å². The topological polar surface area (TPSA) is 81.9 Å². The van der Waals surface area contributed by atoms with E-state index in [1.165, 1.54) is 0 Å². The molecular weight excluding hydrogens is 378 g/mol. The number of para-hydroxylation sites is 1. The van der Waals surface area contributed by atoms with Crippen LogP contribution < -0.4 is 10.1 Å². The smallest absolute Gasteiger partial charge is 0.226 e. The molecule has 30 heavy (non-hydrogen) atoms. The number of carbonyl (C=O) groups excluding carboxylic acids is 1. The highest BCUT2D eigenvalue weighted by Gasteiger charge is 2.42. The van der Waals surface area contributed by atoms with Crippen molar-refractivity contribution in [1.82, 2.24) is 19.7 Å². The van der Waals surface area contributed by atoms with Crippen LogP contribution in [0.3, 0.4) is 0 Å². The second kappa shape index (κ2) is 6.79. The monoisotopic (exact) mass is 401 g/mol. The van der Waals surface area contributed by atoms with Crippen LogP contribution in [0.5, 0.6) is 5.75 Å². The number of allylic oxidation sites excluding steroid dienone is 2. The Balaban J connectivity index is 1.69. The van der Waals surface area contributed by atoms with Crippen LogP contribution in [0.25, 0.3) is 11.4 Å². The Hall–Kier alpha value is -3.48. The number of rotatable bonds is 3. The fraction of sp³-hybridized carbons (Fsp3) is 0.304. The van der Waals surface area contributed by atoms with Gasteiger partial charge in [-0.15, -0.1) is 5.10 Å². The van der Waals surface area contributed by atoms with Crippen molar-refractivity contribution in [1.29, 1.82) is 0 Å². The molecule has 1 aliphatic carbocycles. The number of carbonyl (C=O) groups is 1. The highest BCUT2D eigenvalue weighted by Crippen LogP contribution is 2.45. The summed E-state index contributed by atoms with van der Waals surface area (Å²) in [6.07, 6.45) is 3.01. The molecule has 2 aliphatic rings. The molecule has 0 bridgehead atoms. The molecule has 0 saturated heterocycles. The minimum Gasteiger partial charge on any atom is -0.496 e. The standard InChI is InChI=1S/C23H23N5O2/c1-23(2)12-16-19(17(29)13-23)20(15-9-6-7-11-24-15)28-22(25-16)26-21(27-28)14-8-4-5-10-18(14)30-3/h4-11,20H,12-13H2,1-3H3,(H,25,26,27). The lowest BCUT2D eigenvalue weighted by molar-refractivity contribution is -0.118. The zero-order valence-corrected chi connectivity index (χ0v) is 17.2. The third-order valence-corrected chi connectivity index (χ3v) is 5.65. The van der Waals surface area contributed by atoms with Crippen molar-refractivity contribution in [2.45, 2.75) is 32.7 Å². The molecule has 7 nitrogen and oxygen atoms in total. The van der Waals surface area contributed by atoms with E-state index < -0.39 is 6.04 Å². The molecule has 1 unspecified atom stereocenters. The molecule has 152 valence electrons. The first-order valence-corrected chi connectivity index (χ1v) is 10.0. The zero-order chi connectivity index (χ0) is 20.9. The summed E-state index contributed by atoms with van der Waals surface area (Å²) < 4.78 is 7.27. The van der Waals surface area contributed by atoms with E-state index in [0.29, 0.717) is 23.9 Å². The van der Waals surface area contributed by atoms with Gasteiger partial charge in [0.2, 0.25) is 5.95 Å². The van der Waals surface area contributed by atoms with Crippen molar-refractivity contribution >= 4 is 11.7 Å². The Labute approximate surface area is 174 Å². The van der Waals surface area contributed by atoms with E-state index in [4.69, 9.17) is 14.8 Å². The summed E-state index contributed by atoms with van der Waals surface area (Å²) in [5.41, 5.74) is 3.12. The van der Waals surface area contributed by atoms with Crippen LogP contribution in [0.15, 0.2) is 59.9 Å². The highest BCUT2D eigenvalue weighted by atomic mass is 16.5. The number of fused-ring (bicyclic) bond motifs is 1. The predicted molar refractivity (Wildman–Crippen MR) is 113 cm³/mol. The lowest BCUT2D eigenvalue weighted by Gasteiger charge is -2.37. The lowest BCUT2D eigenvalue weighted by atomic mass is 9.73. The van der Waals surface area contributed by atoms with Crippen molar-refractivity contribution in [3.8, 4) is 17.1 Å². The quantitative estimate of drug-likeness (QED) is 0.714. The van der Waals surface area contributed by atoms with Gasteiger partial charge in [-0.05, 0) is 36.1 Å².